The van der Waals surface area contributed by atoms with Crippen LogP contribution in [0.1, 0.15) is 34.2 Å². The summed E-state index contributed by atoms with van der Waals surface area (Å²) in [5.74, 6) is -1.58. The van der Waals surface area contributed by atoms with E-state index in [9.17, 15) is 14.4 Å². The van der Waals surface area contributed by atoms with Crippen molar-refractivity contribution in [1.82, 2.24) is 0 Å². The molecule has 1 aromatic heterocycles. The largest absolute Gasteiger partial charge is 0.449 e. The van der Waals surface area contributed by atoms with Crippen molar-refractivity contribution in [1.29, 1.82) is 0 Å². The molecule has 2 aromatic carbocycles. The van der Waals surface area contributed by atoms with Gasteiger partial charge in [0.15, 0.2) is 11.5 Å². The minimum atomic E-state index is -1.07. The molecule has 0 aliphatic rings. The van der Waals surface area contributed by atoms with Crippen LogP contribution in [0.3, 0.4) is 0 Å². The standard InChI is InChI=1S/C22H21NO5/c1-12-9-13(2)20(14(3)10-12)23-21(25)15(4)27-22(26)19-11-17(24)16-7-5-6-8-18(16)28-19/h5-11,15H,1-4H3,(H,23,25)/t15-/m1/s1. The van der Waals surface area contributed by atoms with Crippen LogP contribution >= 0.6 is 0 Å². The molecule has 28 heavy (non-hydrogen) atoms. The van der Waals surface area contributed by atoms with Gasteiger partial charge >= 0.3 is 5.97 Å². The Hall–Kier alpha value is -3.41. The highest BCUT2D eigenvalue weighted by molar-refractivity contribution is 5.98. The zero-order valence-corrected chi connectivity index (χ0v) is 16.2. The zero-order valence-electron chi connectivity index (χ0n) is 16.2. The Bertz CT molecular complexity index is 1110. The van der Waals surface area contributed by atoms with Crippen LogP contribution in [0.4, 0.5) is 5.69 Å². The van der Waals surface area contributed by atoms with Gasteiger partial charge in [0.2, 0.25) is 5.76 Å². The number of carbonyl (C=O) groups is 2. The van der Waals surface area contributed by atoms with Crippen LogP contribution in [0.25, 0.3) is 11.0 Å². The minimum absolute atomic E-state index is 0.244. The van der Waals surface area contributed by atoms with Crippen LogP contribution in [0.2, 0.25) is 0 Å². The molecule has 1 atom stereocenters. The van der Waals surface area contributed by atoms with Crippen LogP contribution < -0.4 is 10.7 Å². The van der Waals surface area contributed by atoms with Crippen LogP contribution in [0.15, 0.2) is 51.7 Å². The van der Waals surface area contributed by atoms with Crippen molar-refractivity contribution in [2.75, 3.05) is 5.32 Å². The Morgan fingerprint density at radius 3 is 2.36 bits per heavy atom. The van der Waals surface area contributed by atoms with E-state index in [-0.39, 0.29) is 16.8 Å². The number of anilines is 1. The maximum absolute atomic E-state index is 12.5. The number of aryl methyl sites for hydroxylation is 3. The molecular weight excluding hydrogens is 358 g/mol. The van der Waals surface area contributed by atoms with Gasteiger partial charge in [-0.2, -0.15) is 0 Å². The van der Waals surface area contributed by atoms with Crippen molar-refractivity contribution < 1.29 is 18.7 Å². The van der Waals surface area contributed by atoms with Crippen molar-refractivity contribution in [3.8, 4) is 0 Å². The van der Waals surface area contributed by atoms with Crippen LogP contribution in [-0.2, 0) is 9.53 Å². The normalized spacial score (nSPS) is 11.9. The quantitative estimate of drug-likeness (QED) is 0.695. The second-order valence-electron chi connectivity index (χ2n) is 6.78. The van der Waals surface area contributed by atoms with E-state index >= 15 is 0 Å². The summed E-state index contributed by atoms with van der Waals surface area (Å²) in [6.45, 7) is 7.24. The molecule has 0 bridgehead atoms. The van der Waals surface area contributed by atoms with Crippen molar-refractivity contribution >= 4 is 28.5 Å². The average molecular weight is 379 g/mol. The first-order valence-corrected chi connectivity index (χ1v) is 8.89. The predicted octanol–water partition coefficient (Wildman–Crippen LogP) is 3.90. The Balaban J connectivity index is 1.76. The molecule has 0 unspecified atom stereocenters. The summed E-state index contributed by atoms with van der Waals surface area (Å²) in [7, 11) is 0. The third-order valence-corrected chi connectivity index (χ3v) is 4.41. The first-order valence-electron chi connectivity index (χ1n) is 8.89. The highest BCUT2D eigenvalue weighted by Gasteiger charge is 2.22. The average Bonchev–Trinajstić information content (AvgIpc) is 2.64. The van der Waals surface area contributed by atoms with E-state index in [0.29, 0.717) is 11.1 Å². The lowest BCUT2D eigenvalue weighted by Gasteiger charge is -2.16. The number of fused-ring (bicyclic) bond motifs is 1. The first-order chi connectivity index (χ1) is 13.3. The Morgan fingerprint density at radius 2 is 1.68 bits per heavy atom. The number of para-hydroxylation sites is 1. The van der Waals surface area contributed by atoms with Crippen molar-refractivity contribution in [3.05, 3.63) is 75.1 Å². The van der Waals surface area contributed by atoms with Crippen LogP contribution in [0, 0.1) is 20.8 Å². The molecule has 144 valence electrons. The molecule has 0 saturated carbocycles. The Kier molecular flexibility index (Phi) is 5.31. The highest BCUT2D eigenvalue weighted by Crippen LogP contribution is 2.22. The van der Waals surface area contributed by atoms with Crippen molar-refractivity contribution in [3.63, 3.8) is 0 Å². The molecule has 1 heterocycles. The summed E-state index contributed by atoms with van der Waals surface area (Å²) in [5.41, 5.74) is 3.56. The maximum atomic E-state index is 12.5. The predicted molar refractivity (Wildman–Crippen MR) is 107 cm³/mol. The summed E-state index contributed by atoms with van der Waals surface area (Å²) in [5, 5.41) is 3.17. The maximum Gasteiger partial charge on any atom is 0.375 e. The highest BCUT2D eigenvalue weighted by atomic mass is 16.6. The van der Waals surface area contributed by atoms with E-state index < -0.39 is 18.0 Å². The lowest BCUT2D eigenvalue weighted by molar-refractivity contribution is -0.123. The number of hydrogen-bond donors (Lipinski definition) is 1. The summed E-state index contributed by atoms with van der Waals surface area (Å²) in [6.07, 6.45) is -1.07. The smallest absolute Gasteiger partial charge is 0.375 e. The van der Waals surface area contributed by atoms with E-state index in [1.807, 2.05) is 32.9 Å². The van der Waals surface area contributed by atoms with Gasteiger partial charge in [0.1, 0.15) is 5.58 Å². The summed E-state index contributed by atoms with van der Waals surface area (Å²) in [6, 6.07) is 11.6. The SMILES string of the molecule is Cc1cc(C)c(NC(=O)[C@@H](C)OC(=O)c2cc(=O)c3ccccc3o2)c(C)c1. The molecule has 3 aromatic rings. The van der Waals surface area contributed by atoms with Gasteiger partial charge in [-0.15, -0.1) is 0 Å². The number of nitrogens with one attached hydrogen (secondary N) is 1. The summed E-state index contributed by atoms with van der Waals surface area (Å²) >= 11 is 0. The molecule has 0 saturated heterocycles. The van der Waals surface area contributed by atoms with E-state index in [4.69, 9.17) is 9.15 Å². The number of amides is 1. The molecule has 6 nitrogen and oxygen atoms in total. The number of esters is 1. The third-order valence-electron chi connectivity index (χ3n) is 4.41. The second kappa shape index (κ2) is 7.68. The monoisotopic (exact) mass is 379 g/mol. The Labute approximate surface area is 162 Å². The lowest BCUT2D eigenvalue weighted by Crippen LogP contribution is -2.30. The van der Waals surface area contributed by atoms with Gasteiger partial charge in [-0.1, -0.05) is 29.8 Å². The van der Waals surface area contributed by atoms with Gasteiger partial charge in [-0.05, 0) is 51.0 Å². The number of benzene rings is 2. The molecular formula is C22H21NO5. The minimum Gasteiger partial charge on any atom is -0.449 e. The topological polar surface area (TPSA) is 85.6 Å². The van der Waals surface area contributed by atoms with E-state index in [0.717, 1.165) is 22.8 Å². The molecule has 0 aliphatic heterocycles. The van der Waals surface area contributed by atoms with Gasteiger partial charge in [0.05, 0.1) is 5.39 Å². The molecule has 3 rings (SSSR count). The van der Waals surface area contributed by atoms with Gasteiger partial charge in [-0.25, -0.2) is 4.79 Å². The van der Waals surface area contributed by atoms with E-state index in [1.54, 1.807) is 24.3 Å². The van der Waals surface area contributed by atoms with Gasteiger partial charge in [-0.3, -0.25) is 9.59 Å². The third kappa shape index (κ3) is 3.96. The van der Waals surface area contributed by atoms with Gasteiger partial charge in [0.25, 0.3) is 5.91 Å². The van der Waals surface area contributed by atoms with Crippen LogP contribution in [-0.4, -0.2) is 18.0 Å². The number of rotatable bonds is 4. The molecule has 0 fully saturated rings. The molecule has 0 aliphatic carbocycles. The van der Waals surface area contributed by atoms with Gasteiger partial charge < -0.3 is 14.5 Å². The van der Waals surface area contributed by atoms with E-state index in [1.165, 1.54) is 6.92 Å². The number of carbonyl (C=O) groups excluding carboxylic acids is 2. The van der Waals surface area contributed by atoms with Crippen LogP contribution in [0.5, 0.6) is 0 Å². The van der Waals surface area contributed by atoms with E-state index in [2.05, 4.69) is 5.32 Å². The molecule has 6 heteroatoms. The Morgan fingerprint density at radius 1 is 1.04 bits per heavy atom. The lowest BCUT2D eigenvalue weighted by atomic mass is 10.0. The molecule has 1 amide bonds. The summed E-state index contributed by atoms with van der Waals surface area (Å²) in [4.78, 5) is 36.9. The fraction of sp³-hybridized carbons (Fsp3) is 0.227. The molecule has 0 spiro atoms. The van der Waals surface area contributed by atoms with Crippen molar-refractivity contribution in [2.24, 2.45) is 0 Å². The number of hydrogen-bond acceptors (Lipinski definition) is 5. The molecule has 0 radical (unpaired) electrons. The molecule has 1 N–H and O–H groups in total. The number of ether oxygens (including phenoxy) is 1. The van der Waals surface area contributed by atoms with Crippen molar-refractivity contribution in [2.45, 2.75) is 33.8 Å². The first kappa shape index (κ1) is 19.4. The van der Waals surface area contributed by atoms with Gasteiger partial charge in [0, 0.05) is 11.8 Å². The summed E-state index contributed by atoms with van der Waals surface area (Å²) < 4.78 is 10.6. The fourth-order valence-corrected chi connectivity index (χ4v) is 3.08. The fourth-order valence-electron chi connectivity index (χ4n) is 3.08. The second-order valence-corrected chi connectivity index (χ2v) is 6.78. The zero-order chi connectivity index (χ0) is 20.4.